The smallest absolute Gasteiger partial charge is 0.148 e. The third-order valence-electron chi connectivity index (χ3n) is 1.76. The van der Waals surface area contributed by atoms with Gasteiger partial charge in [0.25, 0.3) is 0 Å². The molecule has 0 amide bonds. The summed E-state index contributed by atoms with van der Waals surface area (Å²) >= 11 is 22.7. The molecule has 0 spiro atoms. The molecule has 2 heterocycles. The number of pyridine rings is 1. The highest BCUT2D eigenvalue weighted by molar-refractivity contribution is 9.10. The molecule has 2 aromatic rings. The van der Waals surface area contributed by atoms with Crippen LogP contribution >= 0.6 is 62.1 Å². The van der Waals surface area contributed by atoms with Crippen LogP contribution in [0.4, 0.5) is 0 Å². The molecule has 1 nitrogen and oxygen atoms in total. The molecule has 0 unspecified atom stereocenters. The maximum atomic E-state index is 6.04. The van der Waals surface area contributed by atoms with Crippen LogP contribution in [0.3, 0.4) is 0 Å². The number of aromatic nitrogens is 1. The molecule has 0 aromatic carbocycles. The standard InChI is InChI=1S/C9H3BrCl3NS/c10-5-3-15-2-4(5)8-6(11)1-7(12)9(13)14-8/h1-3H. The predicted molar refractivity (Wildman–Crippen MR) is 70.3 cm³/mol. The molecule has 0 aliphatic heterocycles. The molecule has 6 heteroatoms. The minimum absolute atomic E-state index is 0.258. The first kappa shape index (κ1) is 11.7. The van der Waals surface area contributed by atoms with Crippen LogP contribution in [0.2, 0.25) is 15.2 Å². The fourth-order valence-electron chi connectivity index (χ4n) is 1.08. The van der Waals surface area contributed by atoms with Crippen molar-refractivity contribution in [2.75, 3.05) is 0 Å². The summed E-state index contributed by atoms with van der Waals surface area (Å²) in [6.45, 7) is 0. The van der Waals surface area contributed by atoms with Crippen molar-refractivity contribution < 1.29 is 0 Å². The van der Waals surface area contributed by atoms with Crippen molar-refractivity contribution in [1.82, 2.24) is 4.98 Å². The zero-order chi connectivity index (χ0) is 11.0. The number of hydrogen-bond donors (Lipinski definition) is 0. The molecule has 0 aliphatic rings. The molecule has 15 heavy (non-hydrogen) atoms. The fraction of sp³-hybridized carbons (Fsp3) is 0. The van der Waals surface area contributed by atoms with E-state index in [1.807, 2.05) is 10.8 Å². The SMILES string of the molecule is Clc1cc(Cl)c(-c2cscc2Br)nc1Cl. The van der Waals surface area contributed by atoms with Gasteiger partial charge in [-0.25, -0.2) is 4.98 Å². The first-order chi connectivity index (χ1) is 7.09. The van der Waals surface area contributed by atoms with E-state index >= 15 is 0 Å². The van der Waals surface area contributed by atoms with Gasteiger partial charge in [-0.15, -0.1) is 0 Å². The maximum Gasteiger partial charge on any atom is 0.148 e. The first-order valence-electron chi connectivity index (χ1n) is 3.83. The summed E-state index contributed by atoms with van der Waals surface area (Å²) in [6.07, 6.45) is 0. The molecule has 0 N–H and O–H groups in total. The van der Waals surface area contributed by atoms with Crippen molar-refractivity contribution in [3.63, 3.8) is 0 Å². The highest BCUT2D eigenvalue weighted by Crippen LogP contribution is 2.37. The van der Waals surface area contributed by atoms with Crippen molar-refractivity contribution in [3.05, 3.63) is 36.5 Å². The van der Waals surface area contributed by atoms with Crippen LogP contribution in [0.15, 0.2) is 21.3 Å². The molecule has 78 valence electrons. The van der Waals surface area contributed by atoms with Gasteiger partial charge in [0.1, 0.15) is 5.15 Å². The van der Waals surface area contributed by atoms with Crippen LogP contribution in [0.1, 0.15) is 0 Å². The number of hydrogen-bond acceptors (Lipinski definition) is 2. The molecule has 2 rings (SSSR count). The zero-order valence-electron chi connectivity index (χ0n) is 7.10. The van der Waals surface area contributed by atoms with Crippen molar-refractivity contribution in [2.45, 2.75) is 0 Å². The van der Waals surface area contributed by atoms with Crippen molar-refractivity contribution in [1.29, 1.82) is 0 Å². The monoisotopic (exact) mass is 341 g/mol. The van der Waals surface area contributed by atoms with Crippen LogP contribution in [0.5, 0.6) is 0 Å². The van der Waals surface area contributed by atoms with Gasteiger partial charge in [-0.05, 0) is 22.0 Å². The van der Waals surface area contributed by atoms with Crippen LogP contribution < -0.4 is 0 Å². The first-order valence-corrected chi connectivity index (χ1v) is 6.70. The van der Waals surface area contributed by atoms with E-state index in [4.69, 9.17) is 34.8 Å². The normalized spacial score (nSPS) is 10.7. The van der Waals surface area contributed by atoms with E-state index in [-0.39, 0.29) is 5.15 Å². The largest absolute Gasteiger partial charge is 0.233 e. The number of rotatable bonds is 1. The summed E-state index contributed by atoms with van der Waals surface area (Å²) in [5.74, 6) is 0. The van der Waals surface area contributed by atoms with Gasteiger partial charge < -0.3 is 0 Å². The van der Waals surface area contributed by atoms with Crippen LogP contribution in [0, 0.1) is 0 Å². The molecule has 0 radical (unpaired) electrons. The Balaban J connectivity index is 2.64. The summed E-state index contributed by atoms with van der Waals surface area (Å²) in [4.78, 5) is 4.15. The molecule has 0 aliphatic carbocycles. The highest BCUT2D eigenvalue weighted by Gasteiger charge is 2.12. The Hall–Kier alpha value is 0.200. The lowest BCUT2D eigenvalue weighted by atomic mass is 10.2. The number of nitrogens with zero attached hydrogens (tertiary/aromatic N) is 1. The third kappa shape index (κ3) is 2.32. The van der Waals surface area contributed by atoms with E-state index in [0.29, 0.717) is 15.7 Å². The summed E-state index contributed by atoms with van der Waals surface area (Å²) in [5, 5.41) is 5.01. The van der Waals surface area contributed by atoms with Crippen LogP contribution in [0.25, 0.3) is 11.3 Å². The van der Waals surface area contributed by atoms with Gasteiger partial charge in [0.05, 0.1) is 15.7 Å². The Kier molecular flexibility index (Phi) is 3.58. The van der Waals surface area contributed by atoms with Gasteiger partial charge in [0.15, 0.2) is 0 Å². The van der Waals surface area contributed by atoms with E-state index in [1.165, 1.54) is 0 Å². The Morgan fingerprint density at radius 1 is 1.13 bits per heavy atom. The Morgan fingerprint density at radius 2 is 1.87 bits per heavy atom. The molecule has 2 aromatic heterocycles. The topological polar surface area (TPSA) is 12.9 Å². The van der Waals surface area contributed by atoms with Gasteiger partial charge in [-0.1, -0.05) is 34.8 Å². The van der Waals surface area contributed by atoms with E-state index in [2.05, 4.69) is 20.9 Å². The predicted octanol–water partition coefficient (Wildman–Crippen LogP) is 5.53. The minimum atomic E-state index is 0.258. The van der Waals surface area contributed by atoms with E-state index in [9.17, 15) is 0 Å². The average Bonchev–Trinajstić information content (AvgIpc) is 2.58. The Morgan fingerprint density at radius 3 is 2.47 bits per heavy atom. The fourth-order valence-corrected chi connectivity index (χ4v) is 3.15. The molecule has 0 atom stereocenters. The van der Waals surface area contributed by atoms with Gasteiger partial charge in [-0.3, -0.25) is 0 Å². The highest BCUT2D eigenvalue weighted by atomic mass is 79.9. The van der Waals surface area contributed by atoms with Gasteiger partial charge >= 0.3 is 0 Å². The van der Waals surface area contributed by atoms with E-state index in [1.54, 1.807) is 17.4 Å². The summed E-state index contributed by atoms with van der Waals surface area (Å²) in [7, 11) is 0. The minimum Gasteiger partial charge on any atom is -0.233 e. The number of thiophene rings is 1. The molecule has 0 saturated carbocycles. The average molecular weight is 343 g/mol. The molecule has 0 fully saturated rings. The maximum absolute atomic E-state index is 6.04. The molecule has 0 bridgehead atoms. The lowest BCUT2D eigenvalue weighted by molar-refractivity contribution is 1.33. The lowest BCUT2D eigenvalue weighted by Gasteiger charge is -2.04. The molecule has 0 saturated heterocycles. The van der Waals surface area contributed by atoms with Crippen LogP contribution in [-0.4, -0.2) is 4.98 Å². The van der Waals surface area contributed by atoms with Crippen LogP contribution in [-0.2, 0) is 0 Å². The third-order valence-corrected chi connectivity index (χ3v) is 4.42. The second-order valence-electron chi connectivity index (χ2n) is 2.72. The summed E-state index contributed by atoms with van der Waals surface area (Å²) in [5.41, 5.74) is 1.56. The van der Waals surface area contributed by atoms with Gasteiger partial charge in [0, 0.05) is 20.8 Å². The lowest BCUT2D eigenvalue weighted by Crippen LogP contribution is -1.86. The summed E-state index contributed by atoms with van der Waals surface area (Å²) < 4.78 is 0.945. The Labute approximate surface area is 114 Å². The zero-order valence-corrected chi connectivity index (χ0v) is 11.8. The van der Waals surface area contributed by atoms with E-state index < -0.39 is 0 Å². The second-order valence-corrected chi connectivity index (χ2v) is 5.50. The van der Waals surface area contributed by atoms with Crippen molar-refractivity contribution in [3.8, 4) is 11.3 Å². The van der Waals surface area contributed by atoms with Crippen molar-refractivity contribution >= 4 is 62.1 Å². The molecular formula is C9H3BrCl3NS. The van der Waals surface area contributed by atoms with Gasteiger partial charge in [-0.2, -0.15) is 11.3 Å². The van der Waals surface area contributed by atoms with Crippen molar-refractivity contribution in [2.24, 2.45) is 0 Å². The van der Waals surface area contributed by atoms with Gasteiger partial charge in [0.2, 0.25) is 0 Å². The number of halogens is 4. The molecular weight excluding hydrogens is 340 g/mol. The Bertz CT molecular complexity index is 512. The quantitative estimate of drug-likeness (QED) is 0.620. The second kappa shape index (κ2) is 4.60. The van der Waals surface area contributed by atoms with E-state index in [0.717, 1.165) is 10.0 Å². The summed E-state index contributed by atoms with van der Waals surface area (Å²) in [6, 6.07) is 1.60.